The minimum Gasteiger partial charge on any atom is -0.481 e. The van der Waals surface area contributed by atoms with E-state index in [9.17, 15) is 16.8 Å². The first-order valence-electron chi connectivity index (χ1n) is 18.9. The highest BCUT2D eigenvalue weighted by molar-refractivity contribution is 7.99. The second-order valence-electron chi connectivity index (χ2n) is 15.3. The highest BCUT2D eigenvalue weighted by Gasteiger charge is 2.39. The number of rotatable bonds is 3. The molecular weight excluding hydrogens is 733 g/mol. The molecule has 0 spiro atoms. The lowest BCUT2D eigenvalue weighted by atomic mass is 9.97. The molecule has 5 aliphatic heterocycles. The third-order valence-corrected chi connectivity index (χ3v) is 14.6. The van der Waals surface area contributed by atoms with Crippen LogP contribution in [-0.4, -0.2) is 137 Å². The van der Waals surface area contributed by atoms with E-state index in [1.54, 1.807) is 6.92 Å². The molecular formula is C37H74O12S3. The molecule has 0 aromatic rings. The van der Waals surface area contributed by atoms with Crippen LogP contribution in [0.15, 0.2) is 0 Å². The van der Waals surface area contributed by atoms with Crippen LogP contribution in [0.3, 0.4) is 0 Å². The third kappa shape index (κ3) is 24.8. The van der Waals surface area contributed by atoms with Gasteiger partial charge in [-0.05, 0) is 118 Å². The normalized spacial score (nSPS) is 35.0. The number of carbonyl (C=O) groups is 1. The Balaban J connectivity index is 0.000000614. The summed E-state index contributed by atoms with van der Waals surface area (Å²) in [4.78, 5) is 9.00. The number of aliphatic carboxylic acids is 1. The second kappa shape index (κ2) is 26.4. The number of sulfone groups is 2. The fraction of sp³-hybridized carbons (Fsp3) is 0.973. The lowest BCUT2D eigenvalue weighted by Gasteiger charge is -2.35. The summed E-state index contributed by atoms with van der Waals surface area (Å²) in [6.07, 6.45) is 15.3. The maximum Gasteiger partial charge on any atom is 0.300 e. The largest absolute Gasteiger partial charge is 0.481 e. The van der Waals surface area contributed by atoms with Gasteiger partial charge in [0.05, 0.1) is 46.6 Å². The van der Waals surface area contributed by atoms with Gasteiger partial charge in [0.1, 0.15) is 9.84 Å². The van der Waals surface area contributed by atoms with Gasteiger partial charge in [-0.25, -0.2) is 16.8 Å². The first kappa shape index (κ1) is 51.5. The smallest absolute Gasteiger partial charge is 0.300 e. The lowest BCUT2D eigenvalue weighted by Crippen LogP contribution is -2.43. The molecule has 0 radical (unpaired) electrons. The molecule has 0 amide bonds. The van der Waals surface area contributed by atoms with Gasteiger partial charge in [0, 0.05) is 57.7 Å². The maximum absolute atomic E-state index is 11.4. The van der Waals surface area contributed by atoms with E-state index >= 15 is 0 Å². The van der Waals surface area contributed by atoms with Crippen LogP contribution >= 0.6 is 11.8 Å². The van der Waals surface area contributed by atoms with Crippen LogP contribution in [0.25, 0.3) is 0 Å². The van der Waals surface area contributed by atoms with Crippen molar-refractivity contribution in [3.05, 3.63) is 0 Å². The van der Waals surface area contributed by atoms with Crippen molar-refractivity contribution < 1.29 is 55.5 Å². The van der Waals surface area contributed by atoms with E-state index in [0.29, 0.717) is 51.1 Å². The van der Waals surface area contributed by atoms with E-state index < -0.39 is 30.4 Å². The quantitative estimate of drug-likeness (QED) is 0.343. The molecule has 0 saturated carbocycles. The molecule has 52 heavy (non-hydrogen) atoms. The van der Waals surface area contributed by atoms with Gasteiger partial charge in [-0.3, -0.25) is 4.79 Å². The summed E-state index contributed by atoms with van der Waals surface area (Å²) in [6.45, 7) is 19.1. The molecule has 15 heteroatoms. The summed E-state index contributed by atoms with van der Waals surface area (Å²) in [5, 5.41) is 17.1. The molecule has 5 fully saturated rings. The summed E-state index contributed by atoms with van der Waals surface area (Å²) in [7, 11) is -5.78. The maximum atomic E-state index is 11.4. The topological polar surface area (TPSA) is 172 Å². The van der Waals surface area contributed by atoms with E-state index in [1.807, 2.05) is 32.5 Å². The van der Waals surface area contributed by atoms with Crippen molar-refractivity contribution >= 4 is 37.4 Å². The average molecular weight is 807 g/mol. The molecule has 10 unspecified atom stereocenters. The highest BCUT2D eigenvalue weighted by atomic mass is 32.2. The standard InChI is InChI=1S/C8H16O3S.C7H14O3S.C7H14OS.C7H14O.C6H12O2.C2H4O2/c1-7-6-8(2,4-5-11-7)12(3,9)10;1-6-5-7(3-4-10-6)11(2,8)9;1-6-5-7(9-2)3-4-8-6;1-6-3-4-8-7(2)5-6;1-5-4-6(7)2-3-8-5;1-2(3)4/h7H,4-6H2,1-3H3;6-7H,3-5H2,1-2H3;6-7H,3-5H2,1-2H3;6-7H,3-5H2,1-2H3;5-7H,2-4H2,1H3;1H3,(H,3,4). The molecule has 312 valence electrons. The predicted octanol–water partition coefficient (Wildman–Crippen LogP) is 5.96. The molecule has 5 aliphatic rings. The molecule has 5 saturated heterocycles. The van der Waals surface area contributed by atoms with Crippen LogP contribution in [-0.2, 0) is 48.2 Å². The Bertz CT molecular complexity index is 1130. The summed E-state index contributed by atoms with van der Waals surface area (Å²) in [5.74, 6) is 0.0544. The summed E-state index contributed by atoms with van der Waals surface area (Å²) >= 11 is 1.97. The zero-order valence-corrected chi connectivity index (χ0v) is 36.5. The fourth-order valence-corrected chi connectivity index (χ4v) is 9.23. The Morgan fingerprint density at radius 2 is 1.12 bits per heavy atom. The van der Waals surface area contributed by atoms with Crippen LogP contribution < -0.4 is 0 Å². The van der Waals surface area contributed by atoms with E-state index in [1.165, 1.54) is 38.2 Å². The van der Waals surface area contributed by atoms with E-state index in [4.69, 9.17) is 38.7 Å². The summed E-state index contributed by atoms with van der Waals surface area (Å²) in [6, 6.07) is 0. The van der Waals surface area contributed by atoms with Crippen LogP contribution in [0.5, 0.6) is 0 Å². The average Bonchev–Trinajstić information content (AvgIpc) is 3.01. The van der Waals surface area contributed by atoms with E-state index in [-0.39, 0.29) is 29.7 Å². The van der Waals surface area contributed by atoms with Crippen LogP contribution in [0.2, 0.25) is 0 Å². The lowest BCUT2D eigenvalue weighted by molar-refractivity contribution is -0.134. The van der Waals surface area contributed by atoms with Gasteiger partial charge in [-0.1, -0.05) is 6.92 Å². The zero-order valence-electron chi connectivity index (χ0n) is 34.0. The van der Waals surface area contributed by atoms with Gasteiger partial charge in [0.25, 0.3) is 5.97 Å². The van der Waals surface area contributed by atoms with Crippen molar-refractivity contribution in [1.82, 2.24) is 0 Å². The Labute approximate surface area is 321 Å². The number of carboxylic acids is 1. The molecule has 0 aliphatic carbocycles. The van der Waals surface area contributed by atoms with Gasteiger partial charge in [0.15, 0.2) is 9.84 Å². The number of hydrogen-bond donors (Lipinski definition) is 2. The second-order valence-corrected chi connectivity index (χ2v) is 21.3. The van der Waals surface area contributed by atoms with E-state index in [2.05, 4.69) is 27.0 Å². The van der Waals surface area contributed by atoms with Gasteiger partial charge in [-0.15, -0.1) is 0 Å². The Kier molecular flexibility index (Phi) is 26.1. The van der Waals surface area contributed by atoms with E-state index in [0.717, 1.165) is 50.8 Å². The summed E-state index contributed by atoms with van der Waals surface area (Å²) < 4.78 is 70.9. The van der Waals surface area contributed by atoms with Gasteiger partial charge in [-0.2, -0.15) is 11.8 Å². The first-order valence-corrected chi connectivity index (χ1v) is 24.0. The van der Waals surface area contributed by atoms with Gasteiger partial charge in [0.2, 0.25) is 0 Å². The van der Waals surface area contributed by atoms with Crippen LogP contribution in [0.4, 0.5) is 0 Å². The van der Waals surface area contributed by atoms with Crippen molar-refractivity contribution in [2.75, 3.05) is 51.8 Å². The molecule has 0 aromatic heterocycles. The minimum absolute atomic E-state index is 0.0680. The number of carboxylic acid groups (broad SMARTS) is 1. The Morgan fingerprint density at radius 1 is 0.673 bits per heavy atom. The fourth-order valence-electron chi connectivity index (χ4n) is 6.30. The van der Waals surface area contributed by atoms with Gasteiger partial charge >= 0.3 is 0 Å². The molecule has 2 N–H and O–H groups in total. The molecule has 12 nitrogen and oxygen atoms in total. The SMILES string of the molecule is CC(=O)O.CC1CC(C)(S(C)(=O)=O)CCO1.CC1CC(O)CCO1.CC1CC(S(C)(=O)=O)CCO1.CC1CCOC(C)C1.CSC1CCOC(C)C1. The number of aliphatic hydroxyl groups is 1. The van der Waals surface area contributed by atoms with Crippen molar-refractivity contribution in [1.29, 1.82) is 0 Å². The zero-order chi connectivity index (χ0) is 40.1. The summed E-state index contributed by atoms with van der Waals surface area (Å²) in [5.41, 5.74) is 0. The van der Waals surface area contributed by atoms with Crippen molar-refractivity contribution in [3.63, 3.8) is 0 Å². The molecule has 5 heterocycles. The molecule has 0 bridgehead atoms. The highest BCUT2D eigenvalue weighted by Crippen LogP contribution is 2.31. The third-order valence-electron chi connectivity index (χ3n) is 9.67. The van der Waals surface area contributed by atoms with Gasteiger partial charge < -0.3 is 33.9 Å². The molecule has 10 atom stereocenters. The van der Waals surface area contributed by atoms with Crippen LogP contribution in [0.1, 0.15) is 120 Å². The number of aliphatic hydroxyl groups excluding tert-OH is 1. The monoisotopic (exact) mass is 806 g/mol. The van der Waals surface area contributed by atoms with Crippen molar-refractivity contribution in [2.45, 2.75) is 171 Å². The first-order chi connectivity index (χ1) is 24.0. The Hall–Kier alpha value is -0.520. The van der Waals surface area contributed by atoms with Crippen molar-refractivity contribution in [2.24, 2.45) is 5.92 Å². The van der Waals surface area contributed by atoms with Crippen molar-refractivity contribution in [3.8, 4) is 0 Å². The molecule has 0 aromatic carbocycles. The number of ether oxygens (including phenoxy) is 5. The Morgan fingerprint density at radius 3 is 1.40 bits per heavy atom. The minimum atomic E-state index is -2.94. The predicted molar refractivity (Wildman–Crippen MR) is 211 cm³/mol. The van der Waals surface area contributed by atoms with Crippen LogP contribution in [0, 0.1) is 5.92 Å². The molecule has 5 rings (SSSR count). The number of hydrogen-bond acceptors (Lipinski definition) is 12. The number of thioether (sulfide) groups is 1.